The second-order valence-corrected chi connectivity index (χ2v) is 5.65. The Morgan fingerprint density at radius 2 is 2.19 bits per heavy atom. The minimum Gasteiger partial charge on any atom is -0.345 e. The van der Waals surface area contributed by atoms with Crippen molar-refractivity contribution in [1.29, 1.82) is 5.26 Å². The van der Waals surface area contributed by atoms with Crippen LogP contribution in [0, 0.1) is 11.3 Å². The molecule has 0 N–H and O–H groups in total. The van der Waals surface area contributed by atoms with Crippen LogP contribution in [0.25, 0.3) is 23.0 Å². The van der Waals surface area contributed by atoms with Crippen molar-refractivity contribution in [2.24, 2.45) is 7.05 Å². The molecule has 7 heteroatoms. The fourth-order valence-corrected chi connectivity index (χ4v) is 2.41. The lowest BCUT2D eigenvalue weighted by atomic mass is 10.2. The van der Waals surface area contributed by atoms with Gasteiger partial charge in [0.25, 0.3) is 5.89 Å². The molecule has 2 aromatic heterocycles. The monoisotopic (exact) mass is 362 g/mol. The minimum absolute atomic E-state index is 0.361. The Balaban J connectivity index is 2.01. The van der Waals surface area contributed by atoms with Crippen molar-refractivity contribution in [1.82, 2.24) is 14.7 Å². The van der Waals surface area contributed by atoms with Crippen molar-refractivity contribution < 1.29 is 4.52 Å². The molecular formula is C14H8BrClN4O. The van der Waals surface area contributed by atoms with Gasteiger partial charge in [-0.05, 0) is 40.2 Å². The summed E-state index contributed by atoms with van der Waals surface area (Å²) in [6, 6.07) is 9.17. The van der Waals surface area contributed by atoms with Crippen LogP contribution in [-0.2, 0) is 7.05 Å². The van der Waals surface area contributed by atoms with Gasteiger partial charge in [0, 0.05) is 23.3 Å². The first kappa shape index (κ1) is 13.9. The summed E-state index contributed by atoms with van der Waals surface area (Å²) in [4.78, 5) is 4.36. The van der Waals surface area contributed by atoms with Crippen molar-refractivity contribution in [2.75, 3.05) is 0 Å². The molecule has 3 rings (SSSR count). The van der Waals surface area contributed by atoms with E-state index in [0.29, 0.717) is 28.0 Å². The summed E-state index contributed by atoms with van der Waals surface area (Å²) >= 11 is 9.32. The van der Waals surface area contributed by atoms with Crippen LogP contribution < -0.4 is 0 Å². The van der Waals surface area contributed by atoms with Crippen molar-refractivity contribution in [3.8, 4) is 29.0 Å². The number of benzene rings is 1. The summed E-state index contributed by atoms with van der Waals surface area (Å²) in [7, 11) is 1.82. The highest BCUT2D eigenvalue weighted by atomic mass is 79.9. The molecule has 0 atom stereocenters. The summed E-state index contributed by atoms with van der Waals surface area (Å²) in [6.07, 6.45) is 1.71. The van der Waals surface area contributed by atoms with Gasteiger partial charge in [0.15, 0.2) is 0 Å². The zero-order valence-electron chi connectivity index (χ0n) is 10.8. The van der Waals surface area contributed by atoms with Crippen LogP contribution >= 0.6 is 27.5 Å². The van der Waals surface area contributed by atoms with Gasteiger partial charge in [-0.3, -0.25) is 0 Å². The molecule has 0 saturated carbocycles. The molecule has 0 aliphatic heterocycles. The molecule has 0 radical (unpaired) electrons. The van der Waals surface area contributed by atoms with E-state index < -0.39 is 0 Å². The summed E-state index contributed by atoms with van der Waals surface area (Å²) in [5.74, 6) is 0.821. The Morgan fingerprint density at radius 3 is 2.86 bits per heavy atom. The molecule has 0 fully saturated rings. The number of halogens is 2. The maximum atomic E-state index is 8.91. The molecule has 0 aliphatic rings. The largest absolute Gasteiger partial charge is 0.345 e. The van der Waals surface area contributed by atoms with Gasteiger partial charge >= 0.3 is 0 Å². The predicted octanol–water partition coefficient (Wildman–Crippen LogP) is 4.03. The molecule has 0 saturated heterocycles. The minimum atomic E-state index is 0.361. The van der Waals surface area contributed by atoms with Crippen LogP contribution in [0.5, 0.6) is 0 Å². The molecule has 0 spiro atoms. The Morgan fingerprint density at radius 1 is 1.38 bits per heavy atom. The Kier molecular flexibility index (Phi) is 3.53. The standard InChI is InChI=1S/C14H8BrClN4O/c1-20-7-8(6-17)4-12(20)14-18-13(19-21-14)9-2-3-11(16)10(15)5-9/h2-5,7H,1H3. The van der Waals surface area contributed by atoms with Crippen molar-refractivity contribution >= 4 is 27.5 Å². The lowest BCUT2D eigenvalue weighted by molar-refractivity contribution is 0.429. The molecule has 0 unspecified atom stereocenters. The van der Waals surface area contributed by atoms with Gasteiger partial charge < -0.3 is 9.09 Å². The Hall–Kier alpha value is -2.10. The average Bonchev–Trinajstić information content (AvgIpc) is 3.08. The quantitative estimate of drug-likeness (QED) is 0.689. The first-order chi connectivity index (χ1) is 10.1. The van der Waals surface area contributed by atoms with Crippen LogP contribution in [-0.4, -0.2) is 14.7 Å². The number of hydrogen-bond acceptors (Lipinski definition) is 4. The molecule has 1 aromatic carbocycles. The highest BCUT2D eigenvalue weighted by molar-refractivity contribution is 9.10. The smallest absolute Gasteiger partial charge is 0.274 e. The molecule has 0 aliphatic carbocycles. The van der Waals surface area contributed by atoms with Gasteiger partial charge in [0.1, 0.15) is 11.8 Å². The number of aromatic nitrogens is 3. The van der Waals surface area contributed by atoms with Gasteiger partial charge in [-0.2, -0.15) is 10.2 Å². The van der Waals surface area contributed by atoms with Crippen LogP contribution in [0.2, 0.25) is 5.02 Å². The summed E-state index contributed by atoms with van der Waals surface area (Å²) < 4.78 is 7.81. The van der Waals surface area contributed by atoms with E-state index in [1.54, 1.807) is 22.9 Å². The Labute approximate surface area is 133 Å². The fraction of sp³-hybridized carbons (Fsp3) is 0.0714. The number of hydrogen-bond donors (Lipinski definition) is 0. The number of aryl methyl sites for hydroxylation is 1. The van der Waals surface area contributed by atoms with Gasteiger partial charge in [-0.15, -0.1) is 0 Å². The third-order valence-electron chi connectivity index (χ3n) is 2.96. The normalized spacial score (nSPS) is 10.6. The number of nitrogens with zero attached hydrogens (tertiary/aromatic N) is 4. The van der Waals surface area contributed by atoms with Crippen LogP contribution in [0.4, 0.5) is 0 Å². The van der Waals surface area contributed by atoms with Gasteiger partial charge in [-0.1, -0.05) is 16.8 Å². The third-order valence-corrected chi connectivity index (χ3v) is 4.17. The molecule has 21 heavy (non-hydrogen) atoms. The average molecular weight is 364 g/mol. The first-order valence-corrected chi connectivity index (χ1v) is 7.11. The lowest BCUT2D eigenvalue weighted by Crippen LogP contribution is -1.89. The second kappa shape index (κ2) is 5.35. The van der Waals surface area contributed by atoms with E-state index in [9.17, 15) is 0 Å². The third kappa shape index (κ3) is 2.58. The highest BCUT2D eigenvalue weighted by Crippen LogP contribution is 2.29. The molecule has 3 aromatic rings. The van der Waals surface area contributed by atoms with E-state index in [-0.39, 0.29) is 0 Å². The van der Waals surface area contributed by atoms with E-state index in [4.69, 9.17) is 21.4 Å². The van der Waals surface area contributed by atoms with Crippen LogP contribution in [0.3, 0.4) is 0 Å². The molecule has 5 nitrogen and oxygen atoms in total. The van der Waals surface area contributed by atoms with Crippen LogP contribution in [0.1, 0.15) is 5.56 Å². The zero-order valence-corrected chi connectivity index (χ0v) is 13.2. The zero-order chi connectivity index (χ0) is 15.0. The first-order valence-electron chi connectivity index (χ1n) is 5.94. The van der Waals surface area contributed by atoms with E-state index >= 15 is 0 Å². The van der Waals surface area contributed by atoms with E-state index in [0.717, 1.165) is 10.0 Å². The summed E-state index contributed by atoms with van der Waals surface area (Å²) in [5, 5.41) is 13.5. The van der Waals surface area contributed by atoms with E-state index in [1.807, 2.05) is 19.2 Å². The maximum Gasteiger partial charge on any atom is 0.274 e. The topological polar surface area (TPSA) is 67.6 Å². The summed E-state index contributed by atoms with van der Waals surface area (Å²) in [5.41, 5.74) is 2.02. The molecule has 104 valence electrons. The molecule has 0 amide bonds. The maximum absolute atomic E-state index is 8.91. The lowest BCUT2D eigenvalue weighted by Gasteiger charge is -1.98. The van der Waals surface area contributed by atoms with Crippen molar-refractivity contribution in [3.05, 3.63) is 45.5 Å². The van der Waals surface area contributed by atoms with Crippen molar-refractivity contribution in [3.63, 3.8) is 0 Å². The van der Waals surface area contributed by atoms with Gasteiger partial charge in [-0.25, -0.2) is 0 Å². The number of rotatable bonds is 2. The molecule has 2 heterocycles. The van der Waals surface area contributed by atoms with Crippen molar-refractivity contribution in [2.45, 2.75) is 0 Å². The highest BCUT2D eigenvalue weighted by Gasteiger charge is 2.15. The fourth-order valence-electron chi connectivity index (χ4n) is 1.92. The SMILES string of the molecule is Cn1cc(C#N)cc1-c1nc(-c2ccc(Cl)c(Br)c2)no1. The van der Waals surface area contributed by atoms with E-state index in [2.05, 4.69) is 32.1 Å². The summed E-state index contributed by atoms with van der Waals surface area (Å²) in [6.45, 7) is 0. The molecular weight excluding hydrogens is 356 g/mol. The van der Waals surface area contributed by atoms with Gasteiger partial charge in [0.05, 0.1) is 10.6 Å². The van der Waals surface area contributed by atoms with E-state index in [1.165, 1.54) is 0 Å². The number of nitriles is 1. The predicted molar refractivity (Wildman–Crippen MR) is 81.6 cm³/mol. The molecule has 0 bridgehead atoms. The van der Waals surface area contributed by atoms with Crippen LogP contribution in [0.15, 0.2) is 39.5 Å². The van der Waals surface area contributed by atoms with Gasteiger partial charge in [0.2, 0.25) is 5.82 Å². The second-order valence-electron chi connectivity index (χ2n) is 4.39. The Bertz CT molecular complexity index is 862.